The minimum atomic E-state index is -0.451. The number of carbonyl (C=O) groups is 2. The summed E-state index contributed by atoms with van der Waals surface area (Å²) in [5.74, 6) is -0.154. The smallest absolute Gasteiger partial charge is 0.240 e. The molecule has 3 rings (SSSR count). The Labute approximate surface area is 161 Å². The summed E-state index contributed by atoms with van der Waals surface area (Å²) in [6.07, 6.45) is 5.01. The van der Waals surface area contributed by atoms with Crippen LogP contribution in [0.3, 0.4) is 0 Å². The van der Waals surface area contributed by atoms with E-state index in [1.165, 1.54) is 5.56 Å². The first-order valence-electron chi connectivity index (χ1n) is 10.1. The maximum atomic E-state index is 12.6. The molecule has 2 heterocycles. The van der Waals surface area contributed by atoms with Crippen LogP contribution in [0.1, 0.15) is 50.2 Å². The van der Waals surface area contributed by atoms with Crippen LogP contribution in [-0.4, -0.2) is 41.9 Å². The second kappa shape index (κ2) is 8.85. The molecule has 27 heavy (non-hydrogen) atoms. The Balaban J connectivity index is 1.54. The van der Waals surface area contributed by atoms with Crippen molar-refractivity contribution in [2.75, 3.05) is 19.6 Å². The molecule has 0 aromatic heterocycles. The number of carbonyl (C=O) groups excluding carboxylic acids is 2. The van der Waals surface area contributed by atoms with Crippen LogP contribution in [0, 0.1) is 5.92 Å². The highest BCUT2D eigenvalue weighted by Crippen LogP contribution is 2.20. The predicted octanol–water partition coefficient (Wildman–Crippen LogP) is 1.53. The van der Waals surface area contributed by atoms with Crippen molar-refractivity contribution in [3.63, 3.8) is 0 Å². The van der Waals surface area contributed by atoms with Crippen LogP contribution in [0.5, 0.6) is 0 Å². The summed E-state index contributed by atoms with van der Waals surface area (Å²) in [5.41, 5.74) is 7.33. The Kier molecular flexibility index (Phi) is 6.50. The summed E-state index contributed by atoms with van der Waals surface area (Å²) in [5, 5.41) is 6.44. The monoisotopic (exact) mass is 372 g/mol. The summed E-state index contributed by atoms with van der Waals surface area (Å²) < 4.78 is 0. The Morgan fingerprint density at radius 3 is 2.85 bits per heavy atom. The highest BCUT2D eigenvalue weighted by Gasteiger charge is 2.33. The third-order valence-electron chi connectivity index (χ3n) is 5.88. The number of nitrogens with two attached hydrogens (primary N) is 1. The van der Waals surface area contributed by atoms with Gasteiger partial charge in [-0.05, 0) is 63.2 Å². The zero-order valence-corrected chi connectivity index (χ0v) is 16.3. The molecule has 1 aromatic carbocycles. The summed E-state index contributed by atoms with van der Waals surface area (Å²) in [6.45, 7) is 5.97. The largest absolute Gasteiger partial charge is 0.369 e. The third kappa shape index (κ3) is 5.30. The van der Waals surface area contributed by atoms with Gasteiger partial charge in [0, 0.05) is 19.6 Å². The molecule has 2 saturated heterocycles. The van der Waals surface area contributed by atoms with Gasteiger partial charge in [0.25, 0.3) is 0 Å². The van der Waals surface area contributed by atoms with E-state index in [4.69, 9.17) is 5.73 Å². The van der Waals surface area contributed by atoms with Crippen molar-refractivity contribution < 1.29 is 9.59 Å². The predicted molar refractivity (Wildman–Crippen MR) is 106 cm³/mol. The minimum Gasteiger partial charge on any atom is -0.369 e. The van der Waals surface area contributed by atoms with Crippen LogP contribution in [0.4, 0.5) is 0 Å². The highest BCUT2D eigenvalue weighted by atomic mass is 16.2. The van der Waals surface area contributed by atoms with Gasteiger partial charge in [-0.25, -0.2) is 0 Å². The van der Waals surface area contributed by atoms with E-state index < -0.39 is 5.54 Å². The van der Waals surface area contributed by atoms with Gasteiger partial charge in [0.15, 0.2) is 0 Å². The van der Waals surface area contributed by atoms with E-state index in [1.54, 1.807) is 0 Å². The van der Waals surface area contributed by atoms with E-state index in [0.29, 0.717) is 6.54 Å². The number of primary amides is 1. The number of nitrogens with zero attached hydrogens (tertiary/aromatic N) is 1. The number of benzene rings is 1. The quantitative estimate of drug-likeness (QED) is 0.707. The molecule has 148 valence electrons. The summed E-state index contributed by atoms with van der Waals surface area (Å²) in [6, 6.07) is 8.32. The molecule has 6 nitrogen and oxygen atoms in total. The molecule has 2 unspecified atom stereocenters. The Morgan fingerprint density at radius 1 is 1.30 bits per heavy atom. The van der Waals surface area contributed by atoms with Crippen molar-refractivity contribution in [3.05, 3.63) is 35.4 Å². The van der Waals surface area contributed by atoms with Gasteiger partial charge in [0.1, 0.15) is 0 Å². The molecule has 0 bridgehead atoms. The molecule has 0 aliphatic carbocycles. The lowest BCUT2D eigenvalue weighted by Crippen LogP contribution is -2.56. The average molecular weight is 373 g/mol. The molecule has 1 aromatic rings. The first-order chi connectivity index (χ1) is 13.0. The minimum absolute atomic E-state index is 0.0371. The number of piperidine rings is 2. The average Bonchev–Trinajstić information content (AvgIpc) is 2.67. The molecular weight excluding hydrogens is 340 g/mol. The van der Waals surface area contributed by atoms with Gasteiger partial charge in [-0.2, -0.15) is 0 Å². The SMILES string of the molecule is CC1(C(=O)NCc2cccc(CN3CCCC(C(N)=O)C3)c2)CCCCN1. The summed E-state index contributed by atoms with van der Waals surface area (Å²) >= 11 is 0. The van der Waals surface area contributed by atoms with E-state index in [9.17, 15) is 9.59 Å². The lowest BCUT2D eigenvalue weighted by atomic mass is 9.90. The van der Waals surface area contributed by atoms with E-state index in [-0.39, 0.29) is 17.7 Å². The lowest BCUT2D eigenvalue weighted by Gasteiger charge is -2.33. The molecule has 2 aliphatic rings. The third-order valence-corrected chi connectivity index (χ3v) is 5.88. The van der Waals surface area contributed by atoms with Gasteiger partial charge in [-0.3, -0.25) is 14.5 Å². The second-order valence-corrected chi connectivity index (χ2v) is 8.20. The zero-order chi connectivity index (χ0) is 19.3. The number of hydrogen-bond acceptors (Lipinski definition) is 4. The standard InChI is InChI=1S/C21H32N4O2/c1-21(9-2-3-10-24-21)20(27)23-13-16-6-4-7-17(12-16)14-25-11-5-8-18(15-25)19(22)26/h4,6-7,12,18,24H,2-3,5,8-11,13-15H2,1H3,(H2,22,26)(H,23,27). The van der Waals surface area contributed by atoms with Gasteiger partial charge in [-0.15, -0.1) is 0 Å². The molecule has 0 radical (unpaired) electrons. The molecular formula is C21H32N4O2. The van der Waals surface area contributed by atoms with Gasteiger partial charge in [0.2, 0.25) is 11.8 Å². The van der Waals surface area contributed by atoms with Crippen LogP contribution in [0.25, 0.3) is 0 Å². The van der Waals surface area contributed by atoms with Gasteiger partial charge in [-0.1, -0.05) is 24.3 Å². The fraction of sp³-hybridized carbons (Fsp3) is 0.619. The lowest BCUT2D eigenvalue weighted by molar-refractivity contribution is -0.128. The number of hydrogen-bond donors (Lipinski definition) is 3. The van der Waals surface area contributed by atoms with E-state index >= 15 is 0 Å². The van der Waals surface area contributed by atoms with Crippen LogP contribution in [0.2, 0.25) is 0 Å². The van der Waals surface area contributed by atoms with E-state index in [0.717, 1.165) is 63.8 Å². The topological polar surface area (TPSA) is 87.5 Å². The first-order valence-corrected chi connectivity index (χ1v) is 10.1. The Hall–Kier alpha value is -1.92. The van der Waals surface area contributed by atoms with Crippen LogP contribution < -0.4 is 16.4 Å². The van der Waals surface area contributed by atoms with Crippen LogP contribution in [-0.2, 0) is 22.7 Å². The molecule has 2 aliphatic heterocycles. The number of rotatable bonds is 6. The van der Waals surface area contributed by atoms with Crippen molar-refractivity contribution in [2.24, 2.45) is 11.7 Å². The molecule has 2 atom stereocenters. The molecule has 0 saturated carbocycles. The molecule has 2 amide bonds. The fourth-order valence-electron chi connectivity index (χ4n) is 4.15. The normalized spacial score (nSPS) is 26.5. The molecule has 2 fully saturated rings. The Bertz CT molecular complexity index is 670. The molecule has 4 N–H and O–H groups in total. The number of amides is 2. The maximum absolute atomic E-state index is 12.6. The summed E-state index contributed by atoms with van der Waals surface area (Å²) in [4.78, 5) is 26.3. The van der Waals surface area contributed by atoms with Crippen molar-refractivity contribution in [3.8, 4) is 0 Å². The second-order valence-electron chi connectivity index (χ2n) is 8.20. The zero-order valence-electron chi connectivity index (χ0n) is 16.3. The molecule has 0 spiro atoms. The van der Waals surface area contributed by atoms with Gasteiger partial charge >= 0.3 is 0 Å². The number of nitrogens with one attached hydrogen (secondary N) is 2. The molecule has 6 heteroatoms. The van der Waals surface area contributed by atoms with E-state index in [1.807, 2.05) is 19.1 Å². The van der Waals surface area contributed by atoms with Gasteiger partial charge in [0.05, 0.1) is 11.5 Å². The van der Waals surface area contributed by atoms with E-state index in [2.05, 4.69) is 27.7 Å². The summed E-state index contributed by atoms with van der Waals surface area (Å²) in [7, 11) is 0. The maximum Gasteiger partial charge on any atom is 0.240 e. The van der Waals surface area contributed by atoms with Crippen molar-refractivity contribution >= 4 is 11.8 Å². The highest BCUT2D eigenvalue weighted by molar-refractivity contribution is 5.85. The van der Waals surface area contributed by atoms with Crippen molar-refractivity contribution in [2.45, 2.75) is 57.7 Å². The fourth-order valence-corrected chi connectivity index (χ4v) is 4.15. The van der Waals surface area contributed by atoms with Gasteiger partial charge < -0.3 is 16.4 Å². The number of likely N-dealkylation sites (tertiary alicyclic amines) is 1. The van der Waals surface area contributed by atoms with Crippen LogP contribution >= 0.6 is 0 Å². The van der Waals surface area contributed by atoms with Crippen molar-refractivity contribution in [1.82, 2.24) is 15.5 Å². The van der Waals surface area contributed by atoms with Crippen molar-refractivity contribution in [1.29, 1.82) is 0 Å². The van der Waals surface area contributed by atoms with Crippen LogP contribution in [0.15, 0.2) is 24.3 Å². The first kappa shape index (κ1) is 19.8. The Morgan fingerprint density at radius 2 is 2.11 bits per heavy atom.